The van der Waals surface area contributed by atoms with Gasteiger partial charge in [0.25, 0.3) is 10.0 Å². The summed E-state index contributed by atoms with van der Waals surface area (Å²) in [7, 11) is -1.86. The monoisotopic (exact) mass is 459 g/mol. The summed E-state index contributed by atoms with van der Waals surface area (Å²) in [6, 6.07) is 13.8. The predicted octanol–water partition coefficient (Wildman–Crippen LogP) is 4.25. The van der Waals surface area contributed by atoms with Gasteiger partial charge in [-0.3, -0.25) is 4.72 Å². The van der Waals surface area contributed by atoms with Crippen molar-refractivity contribution in [3.05, 3.63) is 70.9 Å². The van der Waals surface area contributed by atoms with Crippen LogP contribution in [0, 0.1) is 6.92 Å². The fourth-order valence-electron chi connectivity index (χ4n) is 3.30. The highest BCUT2D eigenvalue weighted by molar-refractivity contribution is 7.92. The molecular weight excluding hydrogens is 438 g/mol. The van der Waals surface area contributed by atoms with Gasteiger partial charge in [0.1, 0.15) is 24.7 Å². The number of ether oxygens (including phenoxy) is 2. The van der Waals surface area contributed by atoms with Gasteiger partial charge in [0.05, 0.1) is 17.1 Å². The number of benzene rings is 2. The van der Waals surface area contributed by atoms with Crippen LogP contribution in [-0.2, 0) is 16.6 Å². The second kappa shape index (κ2) is 8.64. The van der Waals surface area contributed by atoms with Crippen LogP contribution in [0.4, 0.5) is 11.4 Å². The molecule has 0 spiro atoms. The number of halogens is 1. The number of hydrogen-bond acceptors (Lipinski definition) is 6. The highest BCUT2D eigenvalue weighted by Gasteiger charge is 2.21. The van der Waals surface area contributed by atoms with Crippen LogP contribution in [0.15, 0.2) is 59.6 Å². The highest BCUT2D eigenvalue weighted by atomic mass is 35.5. The van der Waals surface area contributed by atoms with Crippen LogP contribution >= 0.6 is 11.6 Å². The number of rotatable bonds is 6. The number of nitrogens with one attached hydrogen (secondary N) is 1. The first-order valence-corrected chi connectivity index (χ1v) is 11.5. The number of likely N-dealkylation sites (N-methyl/N-ethyl adjacent to an activating group) is 1. The molecule has 0 radical (unpaired) electrons. The maximum absolute atomic E-state index is 12.9. The van der Waals surface area contributed by atoms with Crippen LogP contribution < -0.4 is 19.1 Å². The molecule has 0 fully saturated rings. The Morgan fingerprint density at radius 3 is 2.90 bits per heavy atom. The van der Waals surface area contributed by atoms with Gasteiger partial charge >= 0.3 is 0 Å². The molecule has 1 aromatic heterocycles. The number of sulfonamides is 1. The summed E-state index contributed by atoms with van der Waals surface area (Å²) in [6.45, 7) is 3.35. The summed E-state index contributed by atoms with van der Waals surface area (Å²) in [4.78, 5) is 6.43. The van der Waals surface area contributed by atoms with Gasteiger partial charge in [-0.15, -0.1) is 0 Å². The second-order valence-electron chi connectivity index (χ2n) is 7.19. The molecule has 0 unspecified atom stereocenters. The molecule has 9 heteroatoms. The minimum atomic E-state index is -3.87. The van der Waals surface area contributed by atoms with Crippen molar-refractivity contribution >= 4 is 33.0 Å². The summed E-state index contributed by atoms with van der Waals surface area (Å²) >= 11 is 6.09. The van der Waals surface area contributed by atoms with Crippen LogP contribution in [0.1, 0.15) is 11.1 Å². The summed E-state index contributed by atoms with van der Waals surface area (Å²) in [6.07, 6.45) is 1.55. The molecule has 0 saturated carbocycles. The maximum atomic E-state index is 12.9. The van der Waals surface area contributed by atoms with Gasteiger partial charge in [-0.05, 0) is 54.4 Å². The number of aromatic nitrogens is 1. The van der Waals surface area contributed by atoms with Gasteiger partial charge in [-0.25, -0.2) is 13.4 Å². The Morgan fingerprint density at radius 1 is 1.23 bits per heavy atom. The molecule has 0 bridgehead atoms. The van der Waals surface area contributed by atoms with E-state index in [1.54, 1.807) is 37.4 Å². The molecule has 1 aliphatic rings. The van der Waals surface area contributed by atoms with Gasteiger partial charge < -0.3 is 14.4 Å². The Morgan fingerprint density at radius 2 is 2.06 bits per heavy atom. The molecule has 2 aromatic carbocycles. The topological polar surface area (TPSA) is 80.8 Å². The number of hydrogen-bond donors (Lipinski definition) is 1. The summed E-state index contributed by atoms with van der Waals surface area (Å²) < 4.78 is 39.9. The first-order valence-electron chi connectivity index (χ1n) is 9.68. The molecule has 31 heavy (non-hydrogen) atoms. The zero-order valence-corrected chi connectivity index (χ0v) is 18.7. The van der Waals surface area contributed by atoms with Gasteiger partial charge in [0, 0.05) is 18.3 Å². The van der Waals surface area contributed by atoms with Gasteiger partial charge in [-0.1, -0.05) is 23.7 Å². The van der Waals surface area contributed by atoms with Crippen molar-refractivity contribution in [2.45, 2.75) is 18.4 Å². The van der Waals surface area contributed by atoms with Crippen molar-refractivity contribution in [2.75, 3.05) is 29.8 Å². The van der Waals surface area contributed by atoms with E-state index in [1.807, 2.05) is 25.2 Å². The molecule has 0 aliphatic carbocycles. The van der Waals surface area contributed by atoms with Crippen LogP contribution in [-0.4, -0.2) is 33.6 Å². The van der Waals surface area contributed by atoms with Crippen LogP contribution in [0.25, 0.3) is 0 Å². The summed E-state index contributed by atoms with van der Waals surface area (Å²) in [5.74, 6) is 1.02. The molecule has 7 nitrogen and oxygen atoms in total. The van der Waals surface area contributed by atoms with E-state index in [0.717, 1.165) is 23.5 Å². The Kier molecular flexibility index (Phi) is 5.93. The average Bonchev–Trinajstić information content (AvgIpc) is 2.75. The van der Waals surface area contributed by atoms with Crippen LogP contribution in [0.5, 0.6) is 11.6 Å². The van der Waals surface area contributed by atoms with E-state index < -0.39 is 10.0 Å². The Labute approximate surface area is 186 Å². The lowest BCUT2D eigenvalue weighted by atomic mass is 10.1. The predicted molar refractivity (Wildman–Crippen MR) is 121 cm³/mol. The maximum Gasteiger partial charge on any atom is 0.262 e. The highest BCUT2D eigenvalue weighted by Crippen LogP contribution is 2.32. The van der Waals surface area contributed by atoms with E-state index in [9.17, 15) is 8.42 Å². The molecule has 1 aliphatic heterocycles. The van der Waals surface area contributed by atoms with Crippen LogP contribution in [0.3, 0.4) is 0 Å². The van der Waals surface area contributed by atoms with E-state index in [0.29, 0.717) is 17.2 Å². The second-order valence-corrected chi connectivity index (χ2v) is 9.24. The third-order valence-electron chi connectivity index (χ3n) is 5.02. The van der Waals surface area contributed by atoms with Crippen molar-refractivity contribution in [1.29, 1.82) is 0 Å². The van der Waals surface area contributed by atoms with E-state index in [-0.39, 0.29) is 23.1 Å². The first kappa shape index (κ1) is 21.3. The average molecular weight is 460 g/mol. The van der Waals surface area contributed by atoms with Gasteiger partial charge in [0.2, 0.25) is 5.88 Å². The zero-order chi connectivity index (χ0) is 22.0. The Bertz CT molecular complexity index is 1220. The first-order chi connectivity index (χ1) is 14.8. The third kappa shape index (κ3) is 4.55. The lowest BCUT2D eigenvalue weighted by Gasteiger charge is -2.28. The quantitative estimate of drug-likeness (QED) is 0.593. The molecule has 3 aromatic rings. The van der Waals surface area contributed by atoms with Crippen molar-refractivity contribution in [2.24, 2.45) is 0 Å². The molecule has 0 amide bonds. The van der Waals surface area contributed by atoms with Crippen molar-refractivity contribution in [3.8, 4) is 11.6 Å². The zero-order valence-electron chi connectivity index (χ0n) is 17.1. The molecule has 1 N–H and O–H groups in total. The fourth-order valence-corrected chi connectivity index (χ4v) is 4.86. The fraction of sp³-hybridized carbons (Fsp3) is 0.227. The SMILES string of the molecule is Cc1c(Cl)cccc1S(=O)(=O)Nc1cccnc1OCc1ccc2c(c1)N(C)CCO2. The van der Waals surface area contributed by atoms with Crippen molar-refractivity contribution in [1.82, 2.24) is 4.98 Å². The van der Waals surface area contributed by atoms with Crippen molar-refractivity contribution in [3.63, 3.8) is 0 Å². The summed E-state index contributed by atoms with van der Waals surface area (Å²) in [5.41, 5.74) is 2.63. The molecule has 0 saturated heterocycles. The Balaban J connectivity index is 1.54. The van der Waals surface area contributed by atoms with E-state index in [2.05, 4.69) is 14.6 Å². The van der Waals surface area contributed by atoms with E-state index >= 15 is 0 Å². The number of nitrogens with zero attached hydrogens (tertiary/aromatic N) is 2. The molecule has 4 rings (SSSR count). The smallest absolute Gasteiger partial charge is 0.262 e. The Hall–Kier alpha value is -2.97. The van der Waals surface area contributed by atoms with Crippen LogP contribution in [0.2, 0.25) is 5.02 Å². The minimum Gasteiger partial charge on any atom is -0.490 e. The van der Waals surface area contributed by atoms with E-state index in [4.69, 9.17) is 21.1 Å². The standard InChI is InChI=1S/C22H22ClN3O4S/c1-15-17(23)5-3-7-21(15)31(27,28)25-18-6-4-10-24-22(18)30-14-16-8-9-20-19(13-16)26(2)11-12-29-20/h3-10,13,25H,11-12,14H2,1-2H3. The minimum absolute atomic E-state index is 0.104. The normalized spacial score (nSPS) is 13.3. The summed E-state index contributed by atoms with van der Waals surface area (Å²) in [5, 5.41) is 0.381. The molecule has 162 valence electrons. The molecule has 0 atom stereocenters. The number of anilines is 2. The largest absolute Gasteiger partial charge is 0.490 e. The molecular formula is C22H22ClN3O4S. The lowest BCUT2D eigenvalue weighted by molar-refractivity contribution is 0.293. The van der Waals surface area contributed by atoms with Gasteiger partial charge in [-0.2, -0.15) is 0 Å². The van der Waals surface area contributed by atoms with Crippen molar-refractivity contribution < 1.29 is 17.9 Å². The van der Waals surface area contributed by atoms with Gasteiger partial charge in [0.15, 0.2) is 0 Å². The van der Waals surface area contributed by atoms with E-state index in [1.165, 1.54) is 6.07 Å². The number of fused-ring (bicyclic) bond motifs is 1. The lowest BCUT2D eigenvalue weighted by Crippen LogP contribution is -2.28. The number of pyridine rings is 1. The molecule has 2 heterocycles. The third-order valence-corrected chi connectivity index (χ3v) is 6.94.